The Morgan fingerprint density at radius 2 is 1.77 bits per heavy atom. The van der Waals surface area contributed by atoms with Gasteiger partial charge in [-0.2, -0.15) is 5.10 Å². The molecule has 1 aliphatic carbocycles. The number of anilines is 1. The Bertz CT molecular complexity index is 1840. The first-order valence-corrected chi connectivity index (χ1v) is 12.8. The van der Waals surface area contributed by atoms with Gasteiger partial charge in [-0.15, -0.1) is 0 Å². The van der Waals surface area contributed by atoms with Gasteiger partial charge in [-0.25, -0.2) is 9.37 Å². The molecule has 5 heterocycles. The fraction of sp³-hybridized carbons (Fsp3) is 0.172. The first-order valence-electron chi connectivity index (χ1n) is 12.8. The normalized spacial score (nSPS) is 13.9. The van der Waals surface area contributed by atoms with Gasteiger partial charge >= 0.3 is 0 Å². The third-order valence-corrected chi connectivity index (χ3v) is 7.27. The maximum atomic E-state index is 15.3. The maximum absolute atomic E-state index is 15.3. The fourth-order valence-electron chi connectivity index (χ4n) is 5.30. The second-order valence-corrected chi connectivity index (χ2v) is 9.76. The van der Waals surface area contributed by atoms with Crippen LogP contribution in [-0.4, -0.2) is 41.0 Å². The van der Waals surface area contributed by atoms with Crippen molar-refractivity contribution >= 4 is 33.5 Å². The molecule has 0 spiro atoms. The number of aromatic amines is 2. The van der Waals surface area contributed by atoms with E-state index in [0.717, 1.165) is 42.5 Å². The Kier molecular flexibility index (Phi) is 5.58. The van der Waals surface area contributed by atoms with Crippen LogP contribution in [0.4, 0.5) is 10.1 Å². The monoisotopic (exact) mass is 518 g/mol. The molecule has 1 aliphatic rings. The van der Waals surface area contributed by atoms with Gasteiger partial charge in [0, 0.05) is 58.8 Å². The van der Waals surface area contributed by atoms with Crippen LogP contribution in [0, 0.1) is 11.7 Å². The lowest BCUT2D eigenvalue weighted by atomic mass is 10.0. The van der Waals surface area contributed by atoms with Crippen LogP contribution in [0.1, 0.15) is 25.7 Å². The predicted octanol–water partition coefficient (Wildman–Crippen LogP) is 5.89. The smallest absolute Gasteiger partial charge is 0.227 e. The Morgan fingerprint density at radius 1 is 0.923 bits per heavy atom. The molecular formula is C29H23FN8O. The summed E-state index contributed by atoms with van der Waals surface area (Å²) in [7, 11) is 0. The van der Waals surface area contributed by atoms with E-state index in [2.05, 4.69) is 35.5 Å². The molecule has 0 atom stereocenters. The van der Waals surface area contributed by atoms with E-state index in [-0.39, 0.29) is 11.8 Å². The molecule has 6 aromatic rings. The van der Waals surface area contributed by atoms with Crippen LogP contribution in [0.15, 0.2) is 67.4 Å². The lowest BCUT2D eigenvalue weighted by Gasteiger charge is -2.11. The quantitative estimate of drug-likeness (QED) is 0.261. The number of H-pyrrole nitrogens is 2. The summed E-state index contributed by atoms with van der Waals surface area (Å²) in [6.45, 7) is 0. The Balaban J connectivity index is 1.27. The van der Waals surface area contributed by atoms with Crippen molar-refractivity contribution in [3.63, 3.8) is 0 Å². The number of nitrogens with zero attached hydrogens (tertiary/aromatic N) is 5. The van der Waals surface area contributed by atoms with Gasteiger partial charge in [-0.05, 0) is 43.2 Å². The van der Waals surface area contributed by atoms with Gasteiger partial charge < -0.3 is 10.3 Å². The minimum absolute atomic E-state index is 0.00925. The summed E-state index contributed by atoms with van der Waals surface area (Å²) in [4.78, 5) is 33.6. The van der Waals surface area contributed by atoms with Crippen LogP contribution < -0.4 is 5.32 Å². The number of fused-ring (bicyclic) bond motifs is 2. The molecule has 0 unspecified atom stereocenters. The van der Waals surface area contributed by atoms with Crippen molar-refractivity contribution in [1.29, 1.82) is 0 Å². The van der Waals surface area contributed by atoms with Gasteiger partial charge in [-0.3, -0.25) is 24.8 Å². The molecule has 1 amide bonds. The van der Waals surface area contributed by atoms with E-state index in [0.29, 0.717) is 44.8 Å². The van der Waals surface area contributed by atoms with Gasteiger partial charge in [0.15, 0.2) is 5.82 Å². The average Bonchev–Trinajstić information content (AvgIpc) is 3.72. The Labute approximate surface area is 222 Å². The maximum Gasteiger partial charge on any atom is 0.227 e. The Hall–Kier alpha value is -4.99. The van der Waals surface area contributed by atoms with Crippen molar-refractivity contribution in [2.45, 2.75) is 25.7 Å². The number of halogens is 1. The summed E-state index contributed by atoms with van der Waals surface area (Å²) in [6.07, 6.45) is 12.3. The average molecular weight is 519 g/mol. The number of nitrogens with one attached hydrogen (secondary N) is 3. The zero-order chi connectivity index (χ0) is 26.3. The zero-order valence-electron chi connectivity index (χ0n) is 20.8. The fourth-order valence-corrected chi connectivity index (χ4v) is 5.30. The molecule has 1 fully saturated rings. The number of imidazole rings is 1. The molecule has 0 saturated heterocycles. The summed E-state index contributed by atoms with van der Waals surface area (Å²) in [5.41, 5.74) is 5.69. The summed E-state index contributed by atoms with van der Waals surface area (Å²) >= 11 is 0. The zero-order valence-corrected chi connectivity index (χ0v) is 20.8. The molecule has 10 heteroatoms. The molecule has 9 nitrogen and oxygen atoms in total. The highest BCUT2D eigenvalue weighted by atomic mass is 19.1. The third-order valence-electron chi connectivity index (χ3n) is 7.27. The van der Waals surface area contributed by atoms with Crippen LogP contribution in [-0.2, 0) is 4.79 Å². The molecule has 0 radical (unpaired) electrons. The molecule has 1 saturated carbocycles. The number of rotatable bonds is 5. The van der Waals surface area contributed by atoms with E-state index < -0.39 is 5.82 Å². The molecule has 39 heavy (non-hydrogen) atoms. The van der Waals surface area contributed by atoms with Crippen molar-refractivity contribution in [1.82, 2.24) is 35.1 Å². The number of hydrogen-bond donors (Lipinski definition) is 3. The Morgan fingerprint density at radius 3 is 2.62 bits per heavy atom. The van der Waals surface area contributed by atoms with Gasteiger partial charge in [0.05, 0.1) is 28.6 Å². The highest BCUT2D eigenvalue weighted by molar-refractivity contribution is 5.98. The lowest BCUT2D eigenvalue weighted by molar-refractivity contribution is -0.119. The third kappa shape index (κ3) is 4.19. The number of pyridine rings is 3. The second-order valence-electron chi connectivity index (χ2n) is 9.76. The SMILES string of the molecule is O=C(Nc1cncc(-c2cc3c(-c4nc5c(-c6ccncc6)nccc5[nH]4)n[nH]c3cc2F)c1)C1CCCC1. The number of benzene rings is 1. The lowest BCUT2D eigenvalue weighted by Crippen LogP contribution is -2.20. The highest BCUT2D eigenvalue weighted by Crippen LogP contribution is 2.34. The molecule has 5 aromatic heterocycles. The molecule has 0 bridgehead atoms. The van der Waals surface area contributed by atoms with Gasteiger partial charge in [0.25, 0.3) is 0 Å². The minimum Gasteiger partial charge on any atom is -0.336 e. The summed E-state index contributed by atoms with van der Waals surface area (Å²) in [6, 6.07) is 10.5. The van der Waals surface area contributed by atoms with Gasteiger partial charge in [-0.1, -0.05) is 12.8 Å². The predicted molar refractivity (Wildman–Crippen MR) is 146 cm³/mol. The summed E-state index contributed by atoms with van der Waals surface area (Å²) in [5, 5.41) is 11.0. The molecule has 1 aromatic carbocycles. The number of amides is 1. The molecule has 0 aliphatic heterocycles. The van der Waals surface area contributed by atoms with E-state index in [1.807, 2.05) is 18.2 Å². The molecular weight excluding hydrogens is 495 g/mol. The number of carbonyl (C=O) groups excluding carboxylic acids is 1. The van der Waals surface area contributed by atoms with Crippen molar-refractivity contribution < 1.29 is 9.18 Å². The summed E-state index contributed by atoms with van der Waals surface area (Å²) < 4.78 is 15.3. The van der Waals surface area contributed by atoms with Crippen LogP contribution >= 0.6 is 0 Å². The van der Waals surface area contributed by atoms with Crippen LogP contribution in [0.2, 0.25) is 0 Å². The molecule has 7 rings (SSSR count). The second kappa shape index (κ2) is 9.39. The van der Waals surface area contributed by atoms with Crippen LogP contribution in [0.3, 0.4) is 0 Å². The number of hydrogen-bond acceptors (Lipinski definition) is 6. The standard InChI is InChI=1S/C29H23FN8O/c30-22-13-24-21(12-20(22)18-11-19(15-32-14-18)34-29(39)17-3-1-2-4-17)26(38-37-24)28-35-23-7-10-33-25(27(23)36-28)16-5-8-31-9-6-16/h5-15,17H,1-4H2,(H,34,39)(H,35,36)(H,37,38). The molecule has 192 valence electrons. The first kappa shape index (κ1) is 23.2. The minimum atomic E-state index is -0.424. The number of carbonyl (C=O) groups is 1. The van der Waals surface area contributed by atoms with Crippen LogP contribution in [0.5, 0.6) is 0 Å². The van der Waals surface area contributed by atoms with E-state index in [1.165, 1.54) is 6.07 Å². The topological polar surface area (TPSA) is 125 Å². The van der Waals surface area contributed by atoms with Gasteiger partial charge in [0.2, 0.25) is 5.91 Å². The molecule has 3 N–H and O–H groups in total. The summed E-state index contributed by atoms with van der Waals surface area (Å²) in [5.74, 6) is 0.124. The first-order chi connectivity index (χ1) is 19.1. The van der Waals surface area contributed by atoms with E-state index >= 15 is 4.39 Å². The van der Waals surface area contributed by atoms with Crippen molar-refractivity contribution in [3.8, 4) is 33.9 Å². The van der Waals surface area contributed by atoms with E-state index in [4.69, 9.17) is 4.98 Å². The van der Waals surface area contributed by atoms with Crippen molar-refractivity contribution in [3.05, 3.63) is 73.2 Å². The van der Waals surface area contributed by atoms with Gasteiger partial charge in [0.1, 0.15) is 17.0 Å². The van der Waals surface area contributed by atoms with E-state index in [9.17, 15) is 4.79 Å². The van der Waals surface area contributed by atoms with Crippen molar-refractivity contribution in [2.24, 2.45) is 5.92 Å². The largest absolute Gasteiger partial charge is 0.336 e. The highest BCUT2D eigenvalue weighted by Gasteiger charge is 2.23. The number of aromatic nitrogens is 7. The van der Waals surface area contributed by atoms with E-state index in [1.54, 1.807) is 43.1 Å². The van der Waals surface area contributed by atoms with Crippen LogP contribution in [0.25, 0.3) is 55.8 Å². The van der Waals surface area contributed by atoms with Crippen molar-refractivity contribution in [2.75, 3.05) is 5.32 Å².